The van der Waals surface area contributed by atoms with Gasteiger partial charge in [0.2, 0.25) is 0 Å². The van der Waals surface area contributed by atoms with Crippen LogP contribution in [0.5, 0.6) is 0 Å². The summed E-state index contributed by atoms with van der Waals surface area (Å²) in [6.07, 6.45) is 1.61. The molecule has 0 bridgehead atoms. The summed E-state index contributed by atoms with van der Waals surface area (Å²) in [5.41, 5.74) is 0.119. The molecule has 0 aromatic heterocycles. The molecular weight excluding hydrogens is 196 g/mol. The molecule has 0 N–H and O–H groups in total. The van der Waals surface area contributed by atoms with E-state index in [4.69, 9.17) is 5.26 Å². The molecule has 0 saturated carbocycles. The van der Waals surface area contributed by atoms with E-state index < -0.39 is 11.6 Å². The van der Waals surface area contributed by atoms with Crippen LogP contribution >= 0.6 is 0 Å². The number of nitrogens with zero attached hydrogens (tertiary/aromatic N) is 1. The lowest BCUT2D eigenvalue weighted by Crippen LogP contribution is -2.02. The molecule has 0 amide bonds. The molecule has 1 atom stereocenters. The Morgan fingerprint density at radius 1 is 1.33 bits per heavy atom. The minimum Gasteiger partial charge on any atom is -0.207 e. The van der Waals surface area contributed by atoms with Gasteiger partial charge in [-0.15, -0.1) is 0 Å². The predicted molar refractivity (Wildman–Crippen MR) is 54.4 cm³/mol. The molecule has 3 heteroatoms. The van der Waals surface area contributed by atoms with Crippen molar-refractivity contribution in [1.29, 1.82) is 5.26 Å². The van der Waals surface area contributed by atoms with Gasteiger partial charge in [-0.05, 0) is 24.5 Å². The molecule has 0 radical (unpaired) electrons. The van der Waals surface area contributed by atoms with Crippen molar-refractivity contribution in [2.75, 3.05) is 0 Å². The molecule has 1 nitrogen and oxygen atoms in total. The lowest BCUT2D eigenvalue weighted by Gasteiger charge is -2.12. The lowest BCUT2D eigenvalue weighted by molar-refractivity contribution is 0.518. The van der Waals surface area contributed by atoms with Crippen molar-refractivity contribution < 1.29 is 8.78 Å². The summed E-state index contributed by atoms with van der Waals surface area (Å²) in [5, 5.41) is 8.54. The van der Waals surface area contributed by atoms with Gasteiger partial charge in [0.15, 0.2) is 0 Å². The minimum atomic E-state index is -0.618. The van der Waals surface area contributed by atoms with Gasteiger partial charge in [0.25, 0.3) is 0 Å². The van der Waals surface area contributed by atoms with Crippen LogP contribution in [0.1, 0.15) is 43.7 Å². The minimum absolute atomic E-state index is 0.0254. The second-order valence-electron chi connectivity index (χ2n) is 3.66. The van der Waals surface area contributed by atoms with E-state index in [1.165, 1.54) is 0 Å². The van der Waals surface area contributed by atoms with Crippen LogP contribution in [0.25, 0.3) is 0 Å². The highest BCUT2D eigenvalue weighted by atomic mass is 19.1. The predicted octanol–water partition coefficient (Wildman–Crippen LogP) is 3.74. The molecule has 0 heterocycles. The lowest BCUT2D eigenvalue weighted by atomic mass is 9.94. The van der Waals surface area contributed by atoms with Gasteiger partial charge < -0.3 is 0 Å². The largest absolute Gasteiger partial charge is 0.207 e. The second-order valence-corrected chi connectivity index (χ2v) is 3.66. The van der Waals surface area contributed by atoms with Crippen LogP contribution in [-0.2, 0) is 0 Å². The van der Waals surface area contributed by atoms with Crippen molar-refractivity contribution in [2.45, 2.75) is 32.6 Å². The Kier molecular flexibility index (Phi) is 3.79. The molecule has 1 unspecified atom stereocenters. The quantitative estimate of drug-likeness (QED) is 0.743. The van der Waals surface area contributed by atoms with E-state index in [1.807, 2.05) is 6.92 Å². The molecule has 0 aliphatic rings. The van der Waals surface area contributed by atoms with E-state index >= 15 is 0 Å². The van der Waals surface area contributed by atoms with Crippen molar-refractivity contribution in [3.8, 4) is 6.07 Å². The van der Waals surface area contributed by atoms with Crippen molar-refractivity contribution in [1.82, 2.24) is 0 Å². The SMILES string of the molecule is CCCC(C)c1c(F)cc(C#N)cc1F. The zero-order chi connectivity index (χ0) is 11.4. The standard InChI is InChI=1S/C12H13F2N/c1-3-4-8(2)12-10(13)5-9(7-15)6-11(12)14/h5-6,8H,3-4H2,1-2H3. The first-order valence-corrected chi connectivity index (χ1v) is 4.99. The number of halogens is 2. The Labute approximate surface area is 88.3 Å². The monoisotopic (exact) mass is 209 g/mol. The average molecular weight is 209 g/mol. The van der Waals surface area contributed by atoms with E-state index in [-0.39, 0.29) is 17.0 Å². The van der Waals surface area contributed by atoms with E-state index in [2.05, 4.69) is 0 Å². The fraction of sp³-hybridized carbons (Fsp3) is 0.417. The Morgan fingerprint density at radius 3 is 2.27 bits per heavy atom. The third-order valence-corrected chi connectivity index (χ3v) is 2.42. The number of nitriles is 1. The van der Waals surface area contributed by atoms with Crippen LogP contribution in [0.4, 0.5) is 8.78 Å². The maximum Gasteiger partial charge on any atom is 0.130 e. The van der Waals surface area contributed by atoms with Crippen molar-refractivity contribution in [3.63, 3.8) is 0 Å². The Balaban J connectivity index is 3.14. The molecule has 1 aromatic carbocycles. The van der Waals surface area contributed by atoms with Crippen molar-refractivity contribution >= 4 is 0 Å². The molecule has 15 heavy (non-hydrogen) atoms. The summed E-state index contributed by atoms with van der Waals surface area (Å²) in [5.74, 6) is -1.39. The summed E-state index contributed by atoms with van der Waals surface area (Å²) < 4.78 is 27.0. The number of benzene rings is 1. The highest BCUT2D eigenvalue weighted by Gasteiger charge is 2.16. The van der Waals surface area contributed by atoms with E-state index in [9.17, 15) is 8.78 Å². The highest BCUT2D eigenvalue weighted by molar-refractivity contribution is 5.35. The third-order valence-electron chi connectivity index (χ3n) is 2.42. The van der Waals surface area contributed by atoms with Crippen LogP contribution in [0.2, 0.25) is 0 Å². The average Bonchev–Trinajstić information content (AvgIpc) is 2.16. The van der Waals surface area contributed by atoms with Crippen LogP contribution < -0.4 is 0 Å². The maximum atomic E-state index is 13.5. The van der Waals surface area contributed by atoms with Gasteiger partial charge in [0, 0.05) is 5.56 Å². The maximum absolute atomic E-state index is 13.5. The molecule has 1 aromatic rings. The van der Waals surface area contributed by atoms with Crippen LogP contribution in [-0.4, -0.2) is 0 Å². The van der Waals surface area contributed by atoms with Crippen molar-refractivity contribution in [2.24, 2.45) is 0 Å². The smallest absolute Gasteiger partial charge is 0.130 e. The van der Waals surface area contributed by atoms with Gasteiger partial charge in [0.05, 0.1) is 11.6 Å². The molecule has 0 saturated heterocycles. The highest BCUT2D eigenvalue weighted by Crippen LogP contribution is 2.26. The molecule has 0 fully saturated rings. The van der Waals surface area contributed by atoms with Gasteiger partial charge >= 0.3 is 0 Å². The molecule has 1 rings (SSSR count). The Morgan fingerprint density at radius 2 is 1.87 bits per heavy atom. The molecule has 80 valence electrons. The van der Waals surface area contributed by atoms with Crippen molar-refractivity contribution in [3.05, 3.63) is 34.9 Å². The molecule has 0 aliphatic heterocycles. The second kappa shape index (κ2) is 4.88. The summed E-state index contributed by atoms with van der Waals surface area (Å²) in [6, 6.07) is 3.90. The summed E-state index contributed by atoms with van der Waals surface area (Å²) in [6.45, 7) is 3.76. The first-order chi connectivity index (χ1) is 7.10. The normalized spacial score (nSPS) is 12.2. The van der Waals surface area contributed by atoms with Crippen LogP contribution in [0, 0.1) is 23.0 Å². The van der Waals surface area contributed by atoms with Gasteiger partial charge in [-0.2, -0.15) is 5.26 Å². The van der Waals surface area contributed by atoms with Gasteiger partial charge in [-0.1, -0.05) is 20.3 Å². The topological polar surface area (TPSA) is 23.8 Å². The fourth-order valence-corrected chi connectivity index (χ4v) is 1.70. The summed E-state index contributed by atoms with van der Waals surface area (Å²) >= 11 is 0. The van der Waals surface area contributed by atoms with Crippen LogP contribution in [0.3, 0.4) is 0 Å². The first kappa shape index (κ1) is 11.6. The summed E-state index contributed by atoms with van der Waals surface area (Å²) in [4.78, 5) is 0. The van der Waals surface area contributed by atoms with E-state index in [0.717, 1.165) is 25.0 Å². The van der Waals surface area contributed by atoms with Gasteiger partial charge in [-0.25, -0.2) is 8.78 Å². The third kappa shape index (κ3) is 2.53. The molecule has 0 aliphatic carbocycles. The Bertz CT molecular complexity index is 370. The van der Waals surface area contributed by atoms with Gasteiger partial charge in [-0.3, -0.25) is 0 Å². The van der Waals surface area contributed by atoms with E-state index in [0.29, 0.717) is 0 Å². The Hall–Kier alpha value is -1.43. The zero-order valence-electron chi connectivity index (χ0n) is 8.85. The number of rotatable bonds is 3. The molecular formula is C12H13F2N. The van der Waals surface area contributed by atoms with Gasteiger partial charge in [0.1, 0.15) is 11.6 Å². The van der Waals surface area contributed by atoms with E-state index in [1.54, 1.807) is 13.0 Å². The summed E-state index contributed by atoms with van der Waals surface area (Å²) in [7, 11) is 0. The number of hydrogen-bond acceptors (Lipinski definition) is 1. The first-order valence-electron chi connectivity index (χ1n) is 4.99. The molecule has 0 spiro atoms. The number of hydrogen-bond donors (Lipinski definition) is 0. The fourth-order valence-electron chi connectivity index (χ4n) is 1.70. The zero-order valence-corrected chi connectivity index (χ0v) is 8.85. The van der Waals surface area contributed by atoms with Crippen LogP contribution in [0.15, 0.2) is 12.1 Å².